The van der Waals surface area contributed by atoms with Crippen molar-refractivity contribution in [2.24, 2.45) is 0 Å². The van der Waals surface area contributed by atoms with Crippen LogP contribution in [0, 0.1) is 35.6 Å². The first kappa shape index (κ1) is 20.9. The molecule has 2 rings (SSSR count). The van der Waals surface area contributed by atoms with Gasteiger partial charge in [-0.3, -0.25) is 10.1 Å². The Hall–Kier alpha value is -2.39. The van der Waals surface area contributed by atoms with Crippen LogP contribution in [0.15, 0.2) is 35.2 Å². The van der Waals surface area contributed by atoms with Crippen LogP contribution in [0.4, 0.5) is 14.5 Å². The first-order chi connectivity index (χ1) is 12.5. The van der Waals surface area contributed by atoms with Crippen molar-refractivity contribution in [3.63, 3.8) is 0 Å². The summed E-state index contributed by atoms with van der Waals surface area (Å²) in [6.07, 6.45) is 0.686. The monoisotopic (exact) mass is 398 g/mol. The van der Waals surface area contributed by atoms with Gasteiger partial charge in [0.1, 0.15) is 0 Å². The van der Waals surface area contributed by atoms with Crippen LogP contribution < -0.4 is 4.72 Å². The highest BCUT2D eigenvalue weighted by Gasteiger charge is 2.24. The van der Waals surface area contributed by atoms with Crippen molar-refractivity contribution < 1.29 is 22.1 Å². The summed E-state index contributed by atoms with van der Waals surface area (Å²) in [5.41, 5.74) is 1.18. The summed E-state index contributed by atoms with van der Waals surface area (Å²) in [4.78, 5) is 10.2. The maximum absolute atomic E-state index is 13.2. The number of hydrogen-bond donors (Lipinski definition) is 1. The van der Waals surface area contributed by atoms with Crippen LogP contribution in [0.2, 0.25) is 0 Å². The summed E-state index contributed by atoms with van der Waals surface area (Å²) in [7, 11) is -3.98. The molecular formula is C18H20F2N2O4S. The number of sulfonamides is 1. The molecule has 0 fully saturated rings. The van der Waals surface area contributed by atoms with Crippen molar-refractivity contribution in [3.05, 3.63) is 68.8 Å². The lowest BCUT2D eigenvalue weighted by Gasteiger charge is -2.16. The van der Waals surface area contributed by atoms with Gasteiger partial charge in [-0.15, -0.1) is 0 Å². The summed E-state index contributed by atoms with van der Waals surface area (Å²) in [5.74, 6) is -1.90. The molecule has 0 aromatic heterocycles. The van der Waals surface area contributed by atoms with E-state index >= 15 is 0 Å². The molecular weight excluding hydrogens is 378 g/mol. The van der Waals surface area contributed by atoms with Crippen LogP contribution in [-0.2, 0) is 16.4 Å². The fraction of sp³-hybridized carbons (Fsp3) is 0.333. The molecule has 1 atom stereocenters. The predicted molar refractivity (Wildman–Crippen MR) is 97.0 cm³/mol. The molecule has 0 radical (unpaired) electrons. The lowest BCUT2D eigenvalue weighted by Crippen LogP contribution is -2.33. The van der Waals surface area contributed by atoms with Crippen molar-refractivity contribution in [1.82, 2.24) is 4.72 Å². The molecule has 0 spiro atoms. The molecule has 2 aromatic carbocycles. The van der Waals surface area contributed by atoms with Crippen LogP contribution >= 0.6 is 0 Å². The third-order valence-corrected chi connectivity index (χ3v) is 6.03. The van der Waals surface area contributed by atoms with Gasteiger partial charge >= 0.3 is 0 Å². The van der Waals surface area contributed by atoms with Gasteiger partial charge in [0, 0.05) is 18.2 Å². The Morgan fingerprint density at radius 3 is 2.41 bits per heavy atom. The molecule has 1 unspecified atom stereocenters. The van der Waals surface area contributed by atoms with E-state index in [1.165, 1.54) is 12.1 Å². The van der Waals surface area contributed by atoms with Gasteiger partial charge in [0.2, 0.25) is 10.0 Å². The van der Waals surface area contributed by atoms with Crippen molar-refractivity contribution in [2.45, 2.75) is 44.6 Å². The Morgan fingerprint density at radius 1 is 1.15 bits per heavy atom. The summed E-state index contributed by atoms with van der Waals surface area (Å²) < 4.78 is 54.0. The molecule has 0 saturated carbocycles. The Bertz CT molecular complexity index is 978. The topological polar surface area (TPSA) is 89.3 Å². The number of nitro benzene ring substituents is 1. The largest absolute Gasteiger partial charge is 0.271 e. The molecule has 0 amide bonds. The molecule has 146 valence electrons. The minimum Gasteiger partial charge on any atom is -0.258 e. The summed E-state index contributed by atoms with van der Waals surface area (Å²) >= 11 is 0. The number of nitro groups is 1. The van der Waals surface area contributed by atoms with Gasteiger partial charge < -0.3 is 0 Å². The lowest BCUT2D eigenvalue weighted by atomic mass is 10.1. The Kier molecular flexibility index (Phi) is 6.27. The van der Waals surface area contributed by atoms with Gasteiger partial charge in [-0.1, -0.05) is 6.07 Å². The first-order valence-electron chi connectivity index (χ1n) is 8.23. The highest BCUT2D eigenvalue weighted by Crippen LogP contribution is 2.25. The quantitative estimate of drug-likeness (QED) is 0.568. The Morgan fingerprint density at radius 2 is 1.81 bits per heavy atom. The standard InChI is InChI=1S/C18H20F2N2O4S/c1-11-8-15(22(23)24)10-18(13(11)3)27(25,26)21-12(2)4-5-14-6-7-16(19)17(20)9-14/h6-10,12,21H,4-5H2,1-3H3. The highest BCUT2D eigenvalue weighted by molar-refractivity contribution is 7.89. The molecule has 0 aliphatic rings. The smallest absolute Gasteiger partial charge is 0.258 e. The first-order valence-corrected chi connectivity index (χ1v) is 9.71. The summed E-state index contributed by atoms with van der Waals surface area (Å²) in [6, 6.07) is 5.38. The second-order valence-electron chi connectivity index (χ2n) is 6.45. The Balaban J connectivity index is 2.15. The average Bonchev–Trinajstić information content (AvgIpc) is 2.57. The summed E-state index contributed by atoms with van der Waals surface area (Å²) in [5, 5.41) is 11.0. The van der Waals surface area contributed by atoms with Crippen molar-refractivity contribution in [3.8, 4) is 0 Å². The highest BCUT2D eigenvalue weighted by atomic mass is 32.2. The molecule has 0 saturated heterocycles. The van der Waals surface area contributed by atoms with Gasteiger partial charge in [0.25, 0.3) is 5.69 Å². The number of aryl methyl sites for hydroxylation is 2. The molecule has 9 heteroatoms. The number of nitrogens with zero attached hydrogens (tertiary/aromatic N) is 1. The molecule has 27 heavy (non-hydrogen) atoms. The fourth-order valence-electron chi connectivity index (χ4n) is 2.66. The third-order valence-electron chi connectivity index (χ3n) is 4.31. The fourth-order valence-corrected chi connectivity index (χ4v) is 4.27. The van der Waals surface area contributed by atoms with Crippen LogP contribution in [0.3, 0.4) is 0 Å². The van der Waals surface area contributed by atoms with Crippen LogP contribution in [0.25, 0.3) is 0 Å². The minimum atomic E-state index is -3.98. The number of nitrogens with one attached hydrogen (secondary N) is 1. The lowest BCUT2D eigenvalue weighted by molar-refractivity contribution is -0.385. The number of rotatable bonds is 7. The maximum atomic E-state index is 13.2. The number of benzene rings is 2. The number of non-ortho nitro benzene ring substituents is 1. The number of halogens is 2. The molecule has 0 heterocycles. The summed E-state index contributed by atoms with van der Waals surface area (Å²) in [6.45, 7) is 4.82. The molecule has 0 aliphatic heterocycles. The molecule has 2 aromatic rings. The van der Waals surface area contributed by atoms with Crippen LogP contribution in [0.5, 0.6) is 0 Å². The minimum absolute atomic E-state index is 0.145. The van der Waals surface area contributed by atoms with E-state index < -0.39 is 32.6 Å². The zero-order chi connectivity index (χ0) is 20.4. The van der Waals surface area contributed by atoms with Gasteiger partial charge in [0.05, 0.1) is 9.82 Å². The van der Waals surface area contributed by atoms with Gasteiger partial charge in [-0.2, -0.15) is 0 Å². The molecule has 6 nitrogen and oxygen atoms in total. The SMILES string of the molecule is Cc1cc([N+](=O)[O-])cc(S(=O)(=O)NC(C)CCc2ccc(F)c(F)c2)c1C. The zero-order valence-electron chi connectivity index (χ0n) is 15.1. The van der Waals surface area contributed by atoms with E-state index in [1.807, 2.05) is 0 Å². The Labute approximate surface area is 156 Å². The van der Waals surface area contributed by atoms with E-state index in [1.54, 1.807) is 20.8 Å². The number of hydrogen-bond acceptors (Lipinski definition) is 4. The average molecular weight is 398 g/mol. The van der Waals surface area contributed by atoms with E-state index in [9.17, 15) is 27.3 Å². The van der Waals surface area contributed by atoms with Crippen molar-refractivity contribution in [1.29, 1.82) is 0 Å². The van der Waals surface area contributed by atoms with E-state index in [4.69, 9.17) is 0 Å². The molecule has 0 aliphatic carbocycles. The van der Waals surface area contributed by atoms with E-state index in [2.05, 4.69) is 4.72 Å². The second-order valence-corrected chi connectivity index (χ2v) is 8.13. The third kappa shape index (κ3) is 5.08. The van der Waals surface area contributed by atoms with E-state index in [0.717, 1.165) is 18.2 Å². The van der Waals surface area contributed by atoms with E-state index in [-0.39, 0.29) is 10.6 Å². The zero-order valence-corrected chi connectivity index (χ0v) is 15.9. The van der Waals surface area contributed by atoms with E-state index in [0.29, 0.717) is 29.5 Å². The van der Waals surface area contributed by atoms with Gasteiger partial charge in [-0.05, 0) is 62.4 Å². The van der Waals surface area contributed by atoms with Gasteiger partial charge in [0.15, 0.2) is 11.6 Å². The molecule has 1 N–H and O–H groups in total. The maximum Gasteiger partial charge on any atom is 0.271 e. The van der Waals surface area contributed by atoms with Crippen molar-refractivity contribution >= 4 is 15.7 Å². The van der Waals surface area contributed by atoms with Crippen LogP contribution in [0.1, 0.15) is 30.0 Å². The predicted octanol–water partition coefficient (Wildman–Crippen LogP) is 3.79. The molecule has 0 bridgehead atoms. The second kappa shape index (κ2) is 8.10. The normalized spacial score (nSPS) is 12.8. The van der Waals surface area contributed by atoms with Gasteiger partial charge in [-0.25, -0.2) is 21.9 Å². The van der Waals surface area contributed by atoms with Crippen molar-refractivity contribution in [2.75, 3.05) is 0 Å². The van der Waals surface area contributed by atoms with Crippen LogP contribution in [-0.4, -0.2) is 19.4 Å².